The number of nitrogens with one attached hydrogen (secondary N) is 1. The maximum atomic E-state index is 13.1. The maximum absolute atomic E-state index is 13.1. The number of halogens is 3. The largest absolute Gasteiger partial charge is 0.494 e. The van der Waals surface area contributed by atoms with Gasteiger partial charge in [-0.1, -0.05) is 12.1 Å². The molecular formula is C21H23BF3N5O2. The molecule has 1 fully saturated rings. The molecule has 2 heterocycles. The standard InChI is InChI=1S/C21H23BF3N5O2/c1-19(2)20(3,4)32-22(31-19)14-9-10-17(16(12-14)18-27-29-30(5)28-18)26-15-8-6-7-13(11-15)21(23,24)25/h6-12,26H,1-5H3. The first-order valence-electron chi connectivity index (χ1n) is 10.0. The Morgan fingerprint density at radius 1 is 1.00 bits per heavy atom. The van der Waals surface area contributed by atoms with Gasteiger partial charge >= 0.3 is 13.3 Å². The number of aromatic nitrogens is 4. The van der Waals surface area contributed by atoms with Crippen LogP contribution in [0, 0.1) is 0 Å². The van der Waals surface area contributed by atoms with Gasteiger partial charge in [-0.05, 0) is 68.7 Å². The molecule has 3 aromatic rings. The van der Waals surface area contributed by atoms with Gasteiger partial charge in [0, 0.05) is 16.9 Å². The smallest absolute Gasteiger partial charge is 0.399 e. The van der Waals surface area contributed by atoms with Crippen LogP contribution < -0.4 is 10.8 Å². The van der Waals surface area contributed by atoms with Crippen molar-refractivity contribution in [2.24, 2.45) is 7.05 Å². The average molecular weight is 445 g/mol. The fraction of sp³-hybridized carbons (Fsp3) is 0.381. The molecule has 1 aliphatic heterocycles. The molecule has 0 atom stereocenters. The van der Waals surface area contributed by atoms with Gasteiger partial charge in [0.1, 0.15) is 0 Å². The number of hydrogen-bond donors (Lipinski definition) is 1. The van der Waals surface area contributed by atoms with Gasteiger partial charge in [-0.2, -0.15) is 18.0 Å². The van der Waals surface area contributed by atoms with Crippen LogP contribution in [-0.2, 0) is 22.5 Å². The van der Waals surface area contributed by atoms with Crippen LogP contribution in [0.2, 0.25) is 0 Å². The minimum Gasteiger partial charge on any atom is -0.399 e. The molecule has 0 spiro atoms. The van der Waals surface area contributed by atoms with Gasteiger partial charge in [0.2, 0.25) is 5.82 Å². The van der Waals surface area contributed by atoms with Crippen LogP contribution in [0.15, 0.2) is 42.5 Å². The molecule has 0 saturated carbocycles. The number of anilines is 2. The topological polar surface area (TPSA) is 74.1 Å². The summed E-state index contributed by atoms with van der Waals surface area (Å²) in [5.41, 5.74) is 0.333. The summed E-state index contributed by atoms with van der Waals surface area (Å²) in [6, 6.07) is 10.3. The van der Waals surface area contributed by atoms with Gasteiger partial charge in [-0.15, -0.1) is 10.2 Å². The van der Waals surface area contributed by atoms with Gasteiger partial charge in [0.15, 0.2) is 0 Å². The molecule has 4 rings (SSSR count). The predicted molar refractivity (Wildman–Crippen MR) is 115 cm³/mol. The number of nitrogens with zero attached hydrogens (tertiary/aromatic N) is 4. The Labute approximate surface area is 184 Å². The van der Waals surface area contributed by atoms with Crippen LogP contribution in [0.1, 0.15) is 33.3 Å². The third-order valence-electron chi connectivity index (χ3n) is 5.79. The van der Waals surface area contributed by atoms with E-state index in [4.69, 9.17) is 9.31 Å². The van der Waals surface area contributed by atoms with Crippen LogP contribution in [0.3, 0.4) is 0 Å². The summed E-state index contributed by atoms with van der Waals surface area (Å²) in [6.45, 7) is 7.84. The van der Waals surface area contributed by atoms with E-state index < -0.39 is 30.1 Å². The van der Waals surface area contributed by atoms with Crippen molar-refractivity contribution in [2.45, 2.75) is 45.1 Å². The highest BCUT2D eigenvalue weighted by Crippen LogP contribution is 2.37. The first kappa shape index (κ1) is 22.3. The quantitative estimate of drug-likeness (QED) is 0.614. The number of hydrogen-bond acceptors (Lipinski definition) is 6. The zero-order valence-electron chi connectivity index (χ0n) is 18.4. The number of alkyl halides is 3. The molecular weight excluding hydrogens is 422 g/mol. The van der Waals surface area contributed by atoms with E-state index in [9.17, 15) is 13.2 Å². The highest BCUT2D eigenvalue weighted by Gasteiger charge is 2.51. The van der Waals surface area contributed by atoms with Gasteiger partial charge in [-0.3, -0.25) is 0 Å². The minimum atomic E-state index is -4.44. The summed E-state index contributed by atoms with van der Waals surface area (Å²) >= 11 is 0. The van der Waals surface area contributed by atoms with Crippen molar-refractivity contribution >= 4 is 24.0 Å². The molecule has 0 unspecified atom stereocenters. The van der Waals surface area contributed by atoms with E-state index in [0.717, 1.165) is 17.6 Å². The van der Waals surface area contributed by atoms with Crippen LogP contribution in [-0.4, -0.2) is 38.5 Å². The van der Waals surface area contributed by atoms with Crippen LogP contribution in [0.5, 0.6) is 0 Å². The van der Waals surface area contributed by atoms with Crippen molar-refractivity contribution in [3.8, 4) is 11.4 Å². The molecule has 1 saturated heterocycles. The third kappa shape index (κ3) is 4.22. The summed E-state index contributed by atoms with van der Waals surface area (Å²) in [5, 5.41) is 15.2. The zero-order chi connectivity index (χ0) is 23.3. The monoisotopic (exact) mass is 445 g/mol. The summed E-state index contributed by atoms with van der Waals surface area (Å²) in [4.78, 5) is 1.31. The fourth-order valence-corrected chi connectivity index (χ4v) is 3.30. The molecule has 32 heavy (non-hydrogen) atoms. The summed E-state index contributed by atoms with van der Waals surface area (Å²) in [5.74, 6) is 0.320. The van der Waals surface area contributed by atoms with Crippen molar-refractivity contribution in [3.63, 3.8) is 0 Å². The Balaban J connectivity index is 1.72. The molecule has 1 aromatic heterocycles. The van der Waals surface area contributed by atoms with E-state index >= 15 is 0 Å². The first-order valence-corrected chi connectivity index (χ1v) is 10.0. The molecule has 1 aliphatic rings. The number of tetrazole rings is 1. The van der Waals surface area contributed by atoms with E-state index in [1.54, 1.807) is 31.3 Å². The second-order valence-electron chi connectivity index (χ2n) is 8.70. The molecule has 7 nitrogen and oxygen atoms in total. The second kappa shape index (κ2) is 7.59. The molecule has 11 heteroatoms. The molecule has 168 valence electrons. The second-order valence-corrected chi connectivity index (χ2v) is 8.70. The first-order chi connectivity index (χ1) is 14.9. The Bertz CT molecular complexity index is 1130. The van der Waals surface area contributed by atoms with E-state index in [1.165, 1.54) is 10.9 Å². The third-order valence-corrected chi connectivity index (χ3v) is 5.79. The van der Waals surface area contributed by atoms with Crippen LogP contribution in [0.25, 0.3) is 11.4 Å². The minimum absolute atomic E-state index is 0.286. The van der Waals surface area contributed by atoms with Crippen molar-refractivity contribution < 1.29 is 22.5 Å². The maximum Gasteiger partial charge on any atom is 0.494 e. The Hall–Kier alpha value is -2.92. The van der Waals surface area contributed by atoms with E-state index in [2.05, 4.69) is 20.7 Å². The number of benzene rings is 2. The van der Waals surface area contributed by atoms with Gasteiger partial charge < -0.3 is 14.6 Å². The average Bonchev–Trinajstić information content (AvgIpc) is 3.21. The normalized spacial score (nSPS) is 17.6. The van der Waals surface area contributed by atoms with Crippen molar-refractivity contribution in [2.75, 3.05) is 5.32 Å². The molecule has 0 amide bonds. The van der Waals surface area contributed by atoms with Gasteiger partial charge in [0.05, 0.1) is 23.8 Å². The molecule has 0 bridgehead atoms. The summed E-state index contributed by atoms with van der Waals surface area (Å²) < 4.78 is 51.6. The van der Waals surface area contributed by atoms with Crippen molar-refractivity contribution in [1.82, 2.24) is 20.2 Å². The molecule has 0 radical (unpaired) electrons. The van der Waals surface area contributed by atoms with Gasteiger partial charge in [0.25, 0.3) is 0 Å². The lowest BCUT2D eigenvalue weighted by atomic mass is 9.78. The lowest BCUT2D eigenvalue weighted by molar-refractivity contribution is -0.137. The Kier molecular flexibility index (Phi) is 5.29. The van der Waals surface area contributed by atoms with Crippen LogP contribution >= 0.6 is 0 Å². The molecule has 0 aliphatic carbocycles. The lowest BCUT2D eigenvalue weighted by Crippen LogP contribution is -2.41. The van der Waals surface area contributed by atoms with Gasteiger partial charge in [-0.25, -0.2) is 0 Å². The zero-order valence-corrected chi connectivity index (χ0v) is 18.4. The Morgan fingerprint density at radius 3 is 2.28 bits per heavy atom. The van der Waals surface area contributed by atoms with Crippen LogP contribution in [0.4, 0.5) is 24.5 Å². The summed E-state index contributed by atoms with van der Waals surface area (Å²) in [7, 11) is 1.02. The highest BCUT2D eigenvalue weighted by molar-refractivity contribution is 6.62. The van der Waals surface area contributed by atoms with E-state index in [0.29, 0.717) is 17.1 Å². The van der Waals surface area contributed by atoms with E-state index in [-0.39, 0.29) is 5.69 Å². The number of rotatable bonds is 4. The van der Waals surface area contributed by atoms with E-state index in [1.807, 2.05) is 27.7 Å². The summed E-state index contributed by atoms with van der Waals surface area (Å²) in [6.07, 6.45) is -4.44. The number of aryl methyl sites for hydroxylation is 1. The Morgan fingerprint density at radius 2 is 1.69 bits per heavy atom. The lowest BCUT2D eigenvalue weighted by Gasteiger charge is -2.32. The van der Waals surface area contributed by atoms with Crippen molar-refractivity contribution in [3.05, 3.63) is 48.0 Å². The van der Waals surface area contributed by atoms with Crippen molar-refractivity contribution in [1.29, 1.82) is 0 Å². The molecule has 2 aromatic carbocycles. The molecule has 1 N–H and O–H groups in total. The highest BCUT2D eigenvalue weighted by atomic mass is 19.4. The fourth-order valence-electron chi connectivity index (χ4n) is 3.30. The SMILES string of the molecule is Cn1nnc(-c2cc(B3OC(C)(C)C(C)(C)O3)ccc2Nc2cccc(C(F)(F)F)c2)n1. The predicted octanol–water partition coefficient (Wildman–Crippen LogP) is 3.94.